The highest BCUT2D eigenvalue weighted by molar-refractivity contribution is 5.58. The maximum absolute atomic E-state index is 4.47. The Morgan fingerprint density at radius 1 is 1.12 bits per heavy atom. The summed E-state index contributed by atoms with van der Waals surface area (Å²) in [6, 6.07) is 4.06. The van der Waals surface area contributed by atoms with E-state index in [0.29, 0.717) is 0 Å². The first-order valence-electron chi connectivity index (χ1n) is 5.75. The highest BCUT2D eigenvalue weighted by Crippen LogP contribution is 2.25. The monoisotopic (exact) mass is 230 g/mol. The summed E-state index contributed by atoms with van der Waals surface area (Å²) >= 11 is 0. The van der Waals surface area contributed by atoms with Crippen LogP contribution in [0.4, 0.5) is 0 Å². The summed E-state index contributed by atoms with van der Waals surface area (Å²) in [4.78, 5) is 4.47. The topological polar surface area (TPSA) is 43.6 Å². The van der Waals surface area contributed by atoms with Gasteiger partial charge in [-0.3, -0.25) is 4.98 Å². The van der Waals surface area contributed by atoms with Crippen molar-refractivity contribution in [3.05, 3.63) is 29.8 Å². The highest BCUT2D eigenvalue weighted by atomic mass is 15.3. The largest absolute Gasteiger partial charge is 0.308 e. The lowest BCUT2D eigenvalue weighted by Crippen LogP contribution is -2.22. The lowest BCUT2D eigenvalue weighted by atomic mass is 10.1. The lowest BCUT2D eigenvalue weighted by molar-refractivity contribution is 0.399. The van der Waals surface area contributed by atoms with Gasteiger partial charge in [-0.25, -0.2) is 0 Å². The van der Waals surface area contributed by atoms with Crippen LogP contribution in [-0.4, -0.2) is 19.7 Å². The molecule has 0 fully saturated rings. The molecule has 0 amide bonds. The highest BCUT2D eigenvalue weighted by Gasteiger charge is 2.19. The summed E-state index contributed by atoms with van der Waals surface area (Å²) in [5.41, 5.74) is 3.02. The Kier molecular flexibility index (Phi) is 2.73. The Morgan fingerprint density at radius 3 is 2.41 bits per heavy atom. The number of nitrogens with zero attached hydrogens (tertiary/aromatic N) is 4. The summed E-state index contributed by atoms with van der Waals surface area (Å²) in [7, 11) is 0. The van der Waals surface area contributed by atoms with E-state index in [1.165, 1.54) is 0 Å². The molecule has 0 N–H and O–H groups in total. The van der Waals surface area contributed by atoms with Crippen molar-refractivity contribution in [1.82, 2.24) is 19.7 Å². The van der Waals surface area contributed by atoms with E-state index < -0.39 is 0 Å². The fourth-order valence-electron chi connectivity index (χ4n) is 1.83. The van der Waals surface area contributed by atoms with Crippen molar-refractivity contribution in [3.8, 4) is 11.4 Å². The van der Waals surface area contributed by atoms with Gasteiger partial charge in [0.1, 0.15) is 6.33 Å². The van der Waals surface area contributed by atoms with Crippen molar-refractivity contribution in [1.29, 1.82) is 0 Å². The van der Waals surface area contributed by atoms with Crippen LogP contribution in [0.5, 0.6) is 0 Å². The van der Waals surface area contributed by atoms with Gasteiger partial charge in [-0.15, -0.1) is 10.2 Å². The molecule has 0 unspecified atom stereocenters. The van der Waals surface area contributed by atoms with Crippen LogP contribution in [0.25, 0.3) is 11.4 Å². The number of hydrogen-bond acceptors (Lipinski definition) is 3. The molecule has 4 heteroatoms. The second-order valence-electron chi connectivity index (χ2n) is 5.28. The van der Waals surface area contributed by atoms with Crippen molar-refractivity contribution in [3.63, 3.8) is 0 Å². The number of aryl methyl sites for hydroxylation is 2. The molecule has 0 aliphatic heterocycles. The van der Waals surface area contributed by atoms with Crippen LogP contribution in [0, 0.1) is 13.8 Å². The van der Waals surface area contributed by atoms with Crippen LogP contribution in [-0.2, 0) is 5.54 Å². The smallest absolute Gasteiger partial charge is 0.166 e. The average Bonchev–Trinajstić information content (AvgIpc) is 2.65. The third-order valence-corrected chi connectivity index (χ3v) is 2.74. The predicted molar refractivity (Wildman–Crippen MR) is 67.7 cm³/mol. The molecule has 2 aromatic rings. The molecule has 0 atom stereocenters. The first kappa shape index (κ1) is 11.8. The molecular weight excluding hydrogens is 212 g/mol. The summed E-state index contributed by atoms with van der Waals surface area (Å²) < 4.78 is 2.08. The molecule has 0 spiro atoms. The third-order valence-electron chi connectivity index (χ3n) is 2.74. The summed E-state index contributed by atoms with van der Waals surface area (Å²) in [5, 5.41) is 8.23. The van der Waals surface area contributed by atoms with Crippen LogP contribution in [0.1, 0.15) is 32.2 Å². The van der Waals surface area contributed by atoms with Gasteiger partial charge in [0.05, 0.1) is 0 Å². The zero-order chi connectivity index (χ0) is 12.6. The van der Waals surface area contributed by atoms with Crippen LogP contribution in [0.15, 0.2) is 18.5 Å². The maximum Gasteiger partial charge on any atom is 0.166 e. The molecule has 0 saturated carbocycles. The Hall–Kier alpha value is -1.71. The van der Waals surface area contributed by atoms with Crippen LogP contribution >= 0.6 is 0 Å². The van der Waals surface area contributed by atoms with Gasteiger partial charge in [-0.1, -0.05) is 0 Å². The lowest BCUT2D eigenvalue weighted by Gasteiger charge is -2.22. The molecule has 0 saturated heterocycles. The van der Waals surface area contributed by atoms with E-state index in [1.54, 1.807) is 6.33 Å². The van der Waals surface area contributed by atoms with E-state index in [9.17, 15) is 0 Å². The van der Waals surface area contributed by atoms with E-state index in [2.05, 4.69) is 46.6 Å². The molecule has 2 rings (SSSR count). The Labute approximate surface area is 102 Å². The van der Waals surface area contributed by atoms with Crippen molar-refractivity contribution in [2.24, 2.45) is 0 Å². The van der Waals surface area contributed by atoms with Gasteiger partial charge in [0.25, 0.3) is 0 Å². The second-order valence-corrected chi connectivity index (χ2v) is 5.28. The molecule has 2 heterocycles. The van der Waals surface area contributed by atoms with E-state index >= 15 is 0 Å². The normalized spacial score (nSPS) is 11.8. The molecule has 0 aromatic carbocycles. The molecule has 0 aliphatic carbocycles. The number of rotatable bonds is 1. The van der Waals surface area contributed by atoms with Crippen molar-refractivity contribution in [2.75, 3.05) is 0 Å². The quantitative estimate of drug-likeness (QED) is 0.756. The Balaban J connectivity index is 2.58. The molecule has 17 heavy (non-hydrogen) atoms. The van der Waals surface area contributed by atoms with Crippen LogP contribution < -0.4 is 0 Å². The maximum atomic E-state index is 4.47. The van der Waals surface area contributed by atoms with E-state index in [0.717, 1.165) is 22.8 Å². The van der Waals surface area contributed by atoms with Gasteiger partial charge in [0, 0.05) is 22.5 Å². The second kappa shape index (κ2) is 3.95. The molecule has 0 bridgehead atoms. The molecule has 0 radical (unpaired) electrons. The Bertz CT molecular complexity index is 535. The minimum absolute atomic E-state index is 0.0316. The minimum atomic E-state index is -0.0316. The van der Waals surface area contributed by atoms with E-state index in [1.807, 2.05) is 19.9 Å². The number of hydrogen-bond donors (Lipinski definition) is 0. The predicted octanol–water partition coefficient (Wildman–Crippen LogP) is 2.71. The summed E-state index contributed by atoms with van der Waals surface area (Å²) in [5.74, 6) is 0.877. The first-order chi connectivity index (χ1) is 7.89. The molecule has 4 nitrogen and oxygen atoms in total. The van der Waals surface area contributed by atoms with Crippen molar-refractivity contribution < 1.29 is 0 Å². The molecule has 2 aromatic heterocycles. The summed E-state index contributed by atoms with van der Waals surface area (Å²) in [6.45, 7) is 10.4. The molecular formula is C13H18N4. The fourth-order valence-corrected chi connectivity index (χ4v) is 1.83. The fraction of sp³-hybridized carbons (Fsp3) is 0.462. The zero-order valence-corrected chi connectivity index (χ0v) is 11.0. The van der Waals surface area contributed by atoms with Gasteiger partial charge >= 0.3 is 0 Å². The minimum Gasteiger partial charge on any atom is -0.308 e. The first-order valence-corrected chi connectivity index (χ1v) is 5.75. The zero-order valence-electron chi connectivity index (χ0n) is 11.0. The number of pyridine rings is 1. The SMILES string of the molecule is Cc1ccc(-c2nncn2C(C)(C)C)c(C)n1. The van der Waals surface area contributed by atoms with Crippen molar-refractivity contribution in [2.45, 2.75) is 40.2 Å². The van der Waals surface area contributed by atoms with E-state index in [4.69, 9.17) is 0 Å². The van der Waals surface area contributed by atoms with Gasteiger partial charge in [0.2, 0.25) is 0 Å². The standard InChI is InChI=1S/C13H18N4/c1-9-6-7-11(10(2)15-9)12-16-14-8-17(12)13(3,4)5/h6-8H,1-5H3. The van der Waals surface area contributed by atoms with Gasteiger partial charge in [-0.05, 0) is 46.8 Å². The van der Waals surface area contributed by atoms with Crippen molar-refractivity contribution >= 4 is 0 Å². The third kappa shape index (κ3) is 2.20. The van der Waals surface area contributed by atoms with Crippen LogP contribution in [0.2, 0.25) is 0 Å². The molecule has 0 aliphatic rings. The average molecular weight is 230 g/mol. The number of aromatic nitrogens is 4. The van der Waals surface area contributed by atoms with Gasteiger partial charge in [0.15, 0.2) is 5.82 Å². The van der Waals surface area contributed by atoms with Gasteiger partial charge in [-0.2, -0.15) is 0 Å². The molecule has 90 valence electrons. The van der Waals surface area contributed by atoms with E-state index in [-0.39, 0.29) is 5.54 Å². The summed E-state index contributed by atoms with van der Waals surface area (Å²) in [6.07, 6.45) is 1.77. The Morgan fingerprint density at radius 2 is 1.82 bits per heavy atom. The van der Waals surface area contributed by atoms with Crippen LogP contribution in [0.3, 0.4) is 0 Å². The van der Waals surface area contributed by atoms with Gasteiger partial charge < -0.3 is 4.57 Å².